The molecule has 200 valence electrons. The Kier molecular flexibility index (Phi) is 8.27. The summed E-state index contributed by atoms with van der Waals surface area (Å²) in [5, 5.41) is 7.21. The first-order valence-corrected chi connectivity index (χ1v) is 14.2. The SMILES string of the molecule is CC1CC(C)CN(c2cc(N3CCN(c4ccccc4)CC3)nc(NC(=S)NC(C)c3ccccc3)n2)C1. The van der Waals surface area contributed by atoms with Crippen LogP contribution in [0.3, 0.4) is 0 Å². The lowest BCUT2D eigenvalue weighted by Gasteiger charge is -2.38. The summed E-state index contributed by atoms with van der Waals surface area (Å²) in [5.74, 6) is 3.75. The van der Waals surface area contributed by atoms with Crippen LogP contribution in [0.5, 0.6) is 0 Å². The van der Waals surface area contributed by atoms with Gasteiger partial charge >= 0.3 is 0 Å². The van der Waals surface area contributed by atoms with Gasteiger partial charge in [0, 0.05) is 51.0 Å². The minimum atomic E-state index is 0.0775. The highest BCUT2D eigenvalue weighted by molar-refractivity contribution is 7.80. The van der Waals surface area contributed by atoms with Crippen LogP contribution in [0.4, 0.5) is 23.3 Å². The molecule has 2 saturated heterocycles. The van der Waals surface area contributed by atoms with E-state index in [-0.39, 0.29) is 6.04 Å². The van der Waals surface area contributed by atoms with Crippen LogP contribution in [0, 0.1) is 11.8 Å². The molecule has 2 N–H and O–H groups in total. The van der Waals surface area contributed by atoms with E-state index in [1.165, 1.54) is 17.7 Å². The summed E-state index contributed by atoms with van der Waals surface area (Å²) >= 11 is 5.68. The van der Waals surface area contributed by atoms with Crippen LogP contribution >= 0.6 is 12.2 Å². The molecule has 5 rings (SSSR count). The zero-order chi connectivity index (χ0) is 26.5. The van der Waals surface area contributed by atoms with E-state index in [2.05, 4.69) is 94.6 Å². The van der Waals surface area contributed by atoms with Crippen LogP contribution in [0.25, 0.3) is 0 Å². The van der Waals surface area contributed by atoms with Gasteiger partial charge in [-0.1, -0.05) is 62.4 Å². The van der Waals surface area contributed by atoms with Crippen LogP contribution in [0.1, 0.15) is 38.8 Å². The van der Waals surface area contributed by atoms with Crippen LogP contribution in [0.2, 0.25) is 0 Å². The Labute approximate surface area is 232 Å². The normalized spacial score (nSPS) is 20.7. The molecule has 3 unspecified atom stereocenters. The first-order valence-electron chi connectivity index (χ1n) is 13.8. The average molecular weight is 530 g/mol. The van der Waals surface area contributed by atoms with Gasteiger partial charge in [0.05, 0.1) is 6.04 Å². The molecular formula is C30H39N7S. The van der Waals surface area contributed by atoms with Crippen molar-refractivity contribution in [2.45, 2.75) is 33.2 Å². The Morgan fingerprint density at radius 1 is 0.816 bits per heavy atom. The fourth-order valence-corrected chi connectivity index (χ4v) is 5.91. The molecule has 0 radical (unpaired) electrons. The zero-order valence-corrected chi connectivity index (χ0v) is 23.5. The second-order valence-corrected chi connectivity index (χ2v) is 11.2. The molecule has 3 atom stereocenters. The molecule has 1 aromatic heterocycles. The Morgan fingerprint density at radius 2 is 1.37 bits per heavy atom. The summed E-state index contributed by atoms with van der Waals surface area (Å²) in [5.41, 5.74) is 2.46. The molecule has 8 heteroatoms. The van der Waals surface area contributed by atoms with E-state index in [0.717, 1.165) is 50.9 Å². The summed E-state index contributed by atoms with van der Waals surface area (Å²) in [7, 11) is 0. The van der Waals surface area contributed by atoms with Gasteiger partial charge < -0.3 is 25.3 Å². The van der Waals surface area contributed by atoms with Crippen molar-refractivity contribution in [3.63, 3.8) is 0 Å². The number of hydrogen-bond acceptors (Lipinski definition) is 6. The van der Waals surface area contributed by atoms with Crippen molar-refractivity contribution < 1.29 is 0 Å². The summed E-state index contributed by atoms with van der Waals surface area (Å²) < 4.78 is 0. The van der Waals surface area contributed by atoms with Crippen molar-refractivity contribution in [1.82, 2.24) is 15.3 Å². The third-order valence-electron chi connectivity index (χ3n) is 7.49. The van der Waals surface area contributed by atoms with Crippen LogP contribution in [-0.2, 0) is 0 Å². The third kappa shape index (κ3) is 6.54. The predicted molar refractivity (Wildman–Crippen MR) is 162 cm³/mol. The fraction of sp³-hybridized carbons (Fsp3) is 0.433. The second-order valence-electron chi connectivity index (χ2n) is 10.8. The smallest absolute Gasteiger partial charge is 0.232 e. The van der Waals surface area contributed by atoms with E-state index in [4.69, 9.17) is 22.2 Å². The first kappa shape index (κ1) is 26.2. The second kappa shape index (κ2) is 12.0. The van der Waals surface area contributed by atoms with Crippen molar-refractivity contribution >= 4 is 40.6 Å². The average Bonchev–Trinajstić information content (AvgIpc) is 2.93. The first-order chi connectivity index (χ1) is 18.4. The molecule has 7 nitrogen and oxygen atoms in total. The highest BCUT2D eigenvalue weighted by atomic mass is 32.1. The molecule has 0 spiro atoms. The number of nitrogens with one attached hydrogen (secondary N) is 2. The lowest BCUT2D eigenvalue weighted by atomic mass is 9.92. The van der Waals surface area contributed by atoms with Crippen molar-refractivity contribution in [3.8, 4) is 0 Å². The molecule has 3 aromatic rings. The number of rotatable bonds is 6. The molecule has 2 aliphatic rings. The molecule has 0 saturated carbocycles. The Bertz CT molecular complexity index is 1190. The van der Waals surface area contributed by atoms with Crippen molar-refractivity contribution in [3.05, 3.63) is 72.3 Å². The van der Waals surface area contributed by atoms with E-state index in [1.54, 1.807) is 0 Å². The van der Waals surface area contributed by atoms with Gasteiger partial charge in [0.25, 0.3) is 0 Å². The van der Waals surface area contributed by atoms with Gasteiger partial charge in [-0.05, 0) is 55.1 Å². The van der Waals surface area contributed by atoms with Gasteiger partial charge in [0.1, 0.15) is 11.6 Å². The maximum absolute atomic E-state index is 5.68. The molecule has 0 amide bonds. The Morgan fingerprint density at radius 3 is 2.00 bits per heavy atom. The van der Waals surface area contributed by atoms with E-state index in [0.29, 0.717) is 22.9 Å². The highest BCUT2D eigenvalue weighted by Crippen LogP contribution is 2.29. The van der Waals surface area contributed by atoms with E-state index in [9.17, 15) is 0 Å². The summed E-state index contributed by atoms with van der Waals surface area (Å²) in [6.07, 6.45) is 1.26. The number of para-hydroxylation sites is 1. The third-order valence-corrected chi connectivity index (χ3v) is 7.71. The lowest BCUT2D eigenvalue weighted by Crippen LogP contribution is -2.47. The molecule has 38 heavy (non-hydrogen) atoms. The van der Waals surface area contributed by atoms with Gasteiger partial charge in [0.15, 0.2) is 5.11 Å². The molecule has 2 aliphatic heterocycles. The topological polar surface area (TPSA) is 59.6 Å². The van der Waals surface area contributed by atoms with Crippen molar-refractivity contribution in [2.24, 2.45) is 11.8 Å². The maximum Gasteiger partial charge on any atom is 0.232 e. The Hall–Kier alpha value is -3.39. The number of piperazine rings is 1. The molecule has 2 aromatic carbocycles. The number of nitrogens with zero attached hydrogens (tertiary/aromatic N) is 5. The summed E-state index contributed by atoms with van der Waals surface area (Å²) in [6, 6.07) is 23.2. The number of piperidine rings is 1. The maximum atomic E-state index is 5.68. The molecule has 0 bridgehead atoms. The zero-order valence-electron chi connectivity index (χ0n) is 22.7. The molecular weight excluding hydrogens is 490 g/mol. The molecule has 3 heterocycles. The predicted octanol–water partition coefficient (Wildman–Crippen LogP) is 5.33. The van der Waals surface area contributed by atoms with Crippen molar-refractivity contribution in [1.29, 1.82) is 0 Å². The Balaban J connectivity index is 1.34. The van der Waals surface area contributed by atoms with Gasteiger partial charge in [-0.25, -0.2) is 0 Å². The van der Waals surface area contributed by atoms with Gasteiger partial charge in [-0.2, -0.15) is 9.97 Å². The lowest BCUT2D eigenvalue weighted by molar-refractivity contribution is 0.355. The summed E-state index contributed by atoms with van der Waals surface area (Å²) in [6.45, 7) is 12.5. The number of anilines is 4. The van der Waals surface area contributed by atoms with Crippen molar-refractivity contribution in [2.75, 3.05) is 59.3 Å². The standard InChI is InChI=1S/C30H39N7S/c1-22-18-23(2)21-37(20-22)28-19-27(36-16-14-35(15-17-36)26-12-8-5-9-13-26)32-29(33-28)34-30(38)31-24(3)25-10-6-4-7-11-25/h4-13,19,22-24H,14-18,20-21H2,1-3H3,(H2,31,32,33,34,38). The van der Waals surface area contributed by atoms with Crippen LogP contribution in [0.15, 0.2) is 66.7 Å². The van der Waals surface area contributed by atoms with E-state index in [1.807, 2.05) is 18.2 Å². The quantitative estimate of drug-likeness (QED) is 0.416. The number of benzene rings is 2. The highest BCUT2D eigenvalue weighted by Gasteiger charge is 2.26. The van der Waals surface area contributed by atoms with Gasteiger partial charge in [0.2, 0.25) is 5.95 Å². The number of hydrogen-bond donors (Lipinski definition) is 2. The van der Waals surface area contributed by atoms with E-state index < -0.39 is 0 Å². The summed E-state index contributed by atoms with van der Waals surface area (Å²) in [4.78, 5) is 17.1. The van der Waals surface area contributed by atoms with Crippen LogP contribution in [-0.4, -0.2) is 54.3 Å². The van der Waals surface area contributed by atoms with Gasteiger partial charge in [-0.3, -0.25) is 0 Å². The van der Waals surface area contributed by atoms with E-state index >= 15 is 0 Å². The minimum Gasteiger partial charge on any atom is -0.368 e. The largest absolute Gasteiger partial charge is 0.368 e. The molecule has 2 fully saturated rings. The fourth-order valence-electron chi connectivity index (χ4n) is 5.64. The van der Waals surface area contributed by atoms with Gasteiger partial charge in [-0.15, -0.1) is 0 Å². The minimum absolute atomic E-state index is 0.0775. The monoisotopic (exact) mass is 529 g/mol. The van der Waals surface area contributed by atoms with Crippen LogP contribution < -0.4 is 25.3 Å². The molecule has 0 aliphatic carbocycles. The number of aromatic nitrogens is 2. The number of thiocarbonyl (C=S) groups is 1.